The highest BCUT2D eigenvalue weighted by Crippen LogP contribution is 2.42. The highest BCUT2D eigenvalue weighted by Gasteiger charge is 2.33. The minimum absolute atomic E-state index is 0.178. The molecule has 0 saturated heterocycles. The summed E-state index contributed by atoms with van der Waals surface area (Å²) in [5.41, 5.74) is 4.80. The van der Waals surface area contributed by atoms with E-state index in [1.54, 1.807) is 12.1 Å². The van der Waals surface area contributed by atoms with E-state index in [0.717, 1.165) is 16.6 Å². The largest absolute Gasteiger partial charge is 0.744 e. The zero-order valence-electron chi connectivity index (χ0n) is 18.3. The van der Waals surface area contributed by atoms with Gasteiger partial charge in [-0.15, -0.1) is 0 Å². The van der Waals surface area contributed by atoms with Gasteiger partial charge in [-0.25, -0.2) is 12.9 Å². The van der Waals surface area contributed by atoms with Gasteiger partial charge < -0.3 is 4.55 Å². The Morgan fingerprint density at radius 2 is 0.969 bits per heavy atom. The van der Waals surface area contributed by atoms with Gasteiger partial charge in [-0.1, -0.05) is 72.3 Å². The molecule has 0 aliphatic rings. The molecule has 164 valence electrons. The highest BCUT2D eigenvalue weighted by atomic mass is 32.2. The van der Waals surface area contributed by atoms with Crippen LogP contribution in [0.3, 0.4) is 0 Å². The fourth-order valence-electron chi connectivity index (χ4n) is 3.75. The van der Waals surface area contributed by atoms with E-state index in [4.69, 9.17) is 0 Å². The molecule has 0 radical (unpaired) electrons. The van der Waals surface area contributed by atoms with Crippen molar-refractivity contribution in [1.82, 2.24) is 4.48 Å². The van der Waals surface area contributed by atoms with Gasteiger partial charge in [-0.3, -0.25) is 0 Å². The summed E-state index contributed by atoms with van der Waals surface area (Å²) in [5, 5.41) is 0. The lowest BCUT2D eigenvalue weighted by molar-refractivity contribution is 0.463. The molecule has 0 bridgehead atoms. The summed E-state index contributed by atoms with van der Waals surface area (Å²) in [4.78, 5) is -0.178. The molecule has 4 nitrogen and oxygen atoms in total. The maximum Gasteiger partial charge on any atom is 0.143 e. The smallest absolute Gasteiger partial charge is 0.143 e. The van der Waals surface area contributed by atoms with E-state index in [2.05, 4.69) is 97.9 Å². The topological polar surface area (TPSA) is 57.2 Å². The lowest BCUT2D eigenvalue weighted by atomic mass is 10.1. The number of hydrogen-bond acceptors (Lipinski definition) is 3. The molecule has 4 aromatic carbocycles. The van der Waals surface area contributed by atoms with Crippen LogP contribution in [-0.2, 0) is 10.1 Å². The van der Waals surface area contributed by atoms with Gasteiger partial charge in [-0.05, 0) is 62.4 Å². The molecule has 0 amide bonds. The van der Waals surface area contributed by atoms with Crippen LogP contribution in [0, 0.1) is 6.92 Å². The molecule has 0 heterocycles. The SMILES string of the molecule is CC[N+](c1ccccc1)(c1ccccc1)c1ccccc1.Cc1ccc(S(=O)(=O)[O-])cc1. The molecule has 32 heavy (non-hydrogen) atoms. The Morgan fingerprint density at radius 1 is 0.625 bits per heavy atom. The maximum absolute atomic E-state index is 10.4. The summed E-state index contributed by atoms with van der Waals surface area (Å²) in [5.74, 6) is 0. The summed E-state index contributed by atoms with van der Waals surface area (Å²) in [7, 11) is -4.27. The van der Waals surface area contributed by atoms with Gasteiger partial charge >= 0.3 is 0 Å². The number of hydrogen-bond donors (Lipinski definition) is 0. The molecule has 4 aromatic rings. The van der Waals surface area contributed by atoms with Gasteiger partial charge in [0.05, 0.1) is 11.4 Å². The van der Waals surface area contributed by atoms with Crippen molar-refractivity contribution in [3.05, 3.63) is 121 Å². The van der Waals surface area contributed by atoms with Crippen LogP contribution in [0.5, 0.6) is 0 Å². The first-order chi connectivity index (χ1) is 15.4. The van der Waals surface area contributed by atoms with Crippen molar-refractivity contribution in [3.63, 3.8) is 0 Å². The second kappa shape index (κ2) is 10.4. The third-order valence-electron chi connectivity index (χ3n) is 5.37. The van der Waals surface area contributed by atoms with Crippen LogP contribution in [0.25, 0.3) is 0 Å². The molecule has 0 fully saturated rings. The van der Waals surface area contributed by atoms with Crippen molar-refractivity contribution in [2.24, 2.45) is 0 Å². The maximum atomic E-state index is 10.4. The van der Waals surface area contributed by atoms with E-state index in [1.165, 1.54) is 29.2 Å². The van der Waals surface area contributed by atoms with Crippen molar-refractivity contribution in [2.45, 2.75) is 18.7 Å². The normalized spacial score (nSPS) is 11.3. The monoisotopic (exact) mass is 445 g/mol. The second-order valence-electron chi connectivity index (χ2n) is 7.40. The van der Waals surface area contributed by atoms with E-state index in [1.807, 2.05) is 6.92 Å². The Morgan fingerprint density at radius 3 is 1.25 bits per heavy atom. The molecule has 0 spiro atoms. The van der Waals surface area contributed by atoms with Crippen LogP contribution in [0.15, 0.2) is 120 Å². The lowest BCUT2D eigenvalue weighted by Crippen LogP contribution is -2.38. The average molecular weight is 446 g/mol. The first kappa shape index (κ1) is 23.4. The quantitative estimate of drug-likeness (QED) is 0.258. The zero-order chi connectivity index (χ0) is 23.0. The number of nitrogens with zero attached hydrogens (tertiary/aromatic N) is 1. The van der Waals surface area contributed by atoms with Crippen LogP contribution < -0.4 is 4.48 Å². The third-order valence-corrected chi connectivity index (χ3v) is 6.22. The van der Waals surface area contributed by atoms with E-state index in [0.29, 0.717) is 0 Å². The van der Waals surface area contributed by atoms with Crippen LogP contribution in [-0.4, -0.2) is 19.5 Å². The standard InChI is InChI=1S/C20H20N.C7H8O3S/c1-2-21(18-12-6-3-7-13-18,19-14-8-4-9-15-19)20-16-10-5-11-17-20;1-6-2-4-7(5-3-6)11(8,9)10/h3-17H,2H2,1H3;2-5H,1H3,(H,8,9,10)/q+1;/p-1. The van der Waals surface area contributed by atoms with Gasteiger partial charge in [-0.2, -0.15) is 0 Å². The molecule has 0 aromatic heterocycles. The van der Waals surface area contributed by atoms with Crippen LogP contribution in [0.2, 0.25) is 0 Å². The fourth-order valence-corrected chi connectivity index (χ4v) is 4.22. The number of rotatable bonds is 5. The molecule has 0 N–H and O–H groups in total. The van der Waals surface area contributed by atoms with Crippen molar-refractivity contribution in [2.75, 3.05) is 6.54 Å². The Kier molecular flexibility index (Phi) is 7.59. The molecule has 4 rings (SSSR count). The first-order valence-corrected chi connectivity index (χ1v) is 11.9. The van der Waals surface area contributed by atoms with Crippen molar-refractivity contribution in [1.29, 1.82) is 0 Å². The minimum atomic E-state index is -4.27. The fraction of sp³-hybridized carbons (Fsp3) is 0.111. The Balaban J connectivity index is 0.000000222. The van der Waals surface area contributed by atoms with E-state index in [9.17, 15) is 13.0 Å². The third kappa shape index (κ3) is 5.32. The van der Waals surface area contributed by atoms with Gasteiger partial charge in [0.25, 0.3) is 0 Å². The van der Waals surface area contributed by atoms with E-state index in [-0.39, 0.29) is 4.90 Å². The van der Waals surface area contributed by atoms with Crippen LogP contribution >= 0.6 is 0 Å². The van der Waals surface area contributed by atoms with Gasteiger partial charge in [0.1, 0.15) is 27.2 Å². The Hall–Kier alpha value is -3.25. The number of aryl methyl sites for hydroxylation is 1. The van der Waals surface area contributed by atoms with Crippen molar-refractivity contribution < 1.29 is 13.0 Å². The molecule has 0 saturated carbocycles. The predicted molar refractivity (Wildman–Crippen MR) is 130 cm³/mol. The number of para-hydroxylation sites is 3. The van der Waals surface area contributed by atoms with E-state index >= 15 is 0 Å². The summed E-state index contributed by atoms with van der Waals surface area (Å²) < 4.78 is 31.9. The first-order valence-electron chi connectivity index (χ1n) is 10.5. The summed E-state index contributed by atoms with van der Waals surface area (Å²) >= 11 is 0. The van der Waals surface area contributed by atoms with Gasteiger partial charge in [0, 0.05) is 0 Å². The molecule has 0 aliphatic heterocycles. The summed E-state index contributed by atoms with van der Waals surface area (Å²) in [6.07, 6.45) is 0. The van der Waals surface area contributed by atoms with E-state index < -0.39 is 10.1 Å². The van der Waals surface area contributed by atoms with Gasteiger partial charge in [0.15, 0.2) is 0 Å². The predicted octanol–water partition coefficient (Wildman–Crippen LogP) is 6.58. The molecular weight excluding hydrogens is 418 g/mol. The molecule has 0 unspecified atom stereocenters. The molecule has 0 atom stereocenters. The second-order valence-corrected chi connectivity index (χ2v) is 8.78. The lowest BCUT2D eigenvalue weighted by Gasteiger charge is -2.36. The summed E-state index contributed by atoms with van der Waals surface area (Å²) in [6, 6.07) is 38.0. The number of benzene rings is 4. The van der Waals surface area contributed by atoms with Crippen LogP contribution in [0.4, 0.5) is 17.1 Å². The number of quaternary nitrogens is 1. The minimum Gasteiger partial charge on any atom is -0.744 e. The Bertz CT molecular complexity index is 1110. The molecule has 0 aliphatic carbocycles. The van der Waals surface area contributed by atoms with Crippen molar-refractivity contribution >= 4 is 27.2 Å². The molecular formula is C27H27NO3S. The summed E-state index contributed by atoms with van der Waals surface area (Å²) in [6.45, 7) is 5.03. The van der Waals surface area contributed by atoms with Crippen molar-refractivity contribution in [3.8, 4) is 0 Å². The van der Waals surface area contributed by atoms with Crippen LogP contribution in [0.1, 0.15) is 12.5 Å². The zero-order valence-corrected chi connectivity index (χ0v) is 19.1. The molecule has 5 heteroatoms. The highest BCUT2D eigenvalue weighted by molar-refractivity contribution is 7.85. The average Bonchev–Trinajstić information content (AvgIpc) is 2.82. The van der Waals surface area contributed by atoms with Gasteiger partial charge in [0.2, 0.25) is 0 Å². The Labute approximate surface area is 190 Å².